The zero-order valence-electron chi connectivity index (χ0n) is 16.3. The van der Waals surface area contributed by atoms with Crippen molar-refractivity contribution in [2.24, 2.45) is 0 Å². The van der Waals surface area contributed by atoms with Crippen molar-refractivity contribution >= 4 is 17.6 Å². The van der Waals surface area contributed by atoms with Crippen LogP contribution in [0.2, 0.25) is 0 Å². The number of anilines is 1. The lowest BCUT2D eigenvalue weighted by Crippen LogP contribution is -2.31. The lowest BCUT2D eigenvalue weighted by Gasteiger charge is -2.14. The third-order valence-electron chi connectivity index (χ3n) is 3.60. The minimum atomic E-state index is -0.956. The van der Waals surface area contributed by atoms with Gasteiger partial charge in [0.1, 0.15) is 17.2 Å². The maximum Gasteiger partial charge on any atom is 0.344 e. The molecular formula is C21H25NO6. The van der Waals surface area contributed by atoms with Crippen LogP contribution in [0.5, 0.6) is 17.2 Å². The molecule has 150 valence electrons. The molecule has 2 rings (SSSR count). The first-order valence-electron chi connectivity index (χ1n) is 9.10. The van der Waals surface area contributed by atoms with E-state index in [9.17, 15) is 9.59 Å². The standard InChI is InChI=1S/C21H25NO6/c1-4-25-17-8-6-16(7-9-17)22-21(24)15(3)28-20(23)14-27-19-12-10-18(11-13-19)26-5-2/h6-13,15H,4-5,14H2,1-3H3,(H,22,24)/t15-/m0/s1. The summed E-state index contributed by atoms with van der Waals surface area (Å²) in [6.07, 6.45) is -0.956. The van der Waals surface area contributed by atoms with Crippen LogP contribution >= 0.6 is 0 Å². The van der Waals surface area contributed by atoms with Gasteiger partial charge >= 0.3 is 5.97 Å². The molecule has 7 nitrogen and oxygen atoms in total. The van der Waals surface area contributed by atoms with Gasteiger partial charge in [-0.1, -0.05) is 0 Å². The number of benzene rings is 2. The van der Waals surface area contributed by atoms with Crippen LogP contribution in [0.15, 0.2) is 48.5 Å². The minimum Gasteiger partial charge on any atom is -0.494 e. The summed E-state index contributed by atoms with van der Waals surface area (Å²) in [5, 5.41) is 2.68. The van der Waals surface area contributed by atoms with E-state index in [0.717, 1.165) is 5.75 Å². The van der Waals surface area contributed by atoms with Crippen LogP contribution < -0.4 is 19.5 Å². The van der Waals surface area contributed by atoms with Crippen molar-refractivity contribution in [2.75, 3.05) is 25.1 Å². The van der Waals surface area contributed by atoms with Crippen molar-refractivity contribution in [1.29, 1.82) is 0 Å². The Morgan fingerprint density at radius 2 is 1.29 bits per heavy atom. The van der Waals surface area contributed by atoms with E-state index in [4.69, 9.17) is 18.9 Å². The summed E-state index contributed by atoms with van der Waals surface area (Å²) in [6, 6.07) is 13.8. The first kappa shape index (κ1) is 21.1. The summed E-state index contributed by atoms with van der Waals surface area (Å²) < 4.78 is 21.1. The van der Waals surface area contributed by atoms with E-state index in [2.05, 4.69) is 5.32 Å². The van der Waals surface area contributed by atoms with Crippen LogP contribution in [0.4, 0.5) is 5.69 Å². The van der Waals surface area contributed by atoms with Gasteiger partial charge in [0, 0.05) is 5.69 Å². The Morgan fingerprint density at radius 1 is 0.821 bits per heavy atom. The van der Waals surface area contributed by atoms with Gasteiger partial charge in [-0.05, 0) is 69.3 Å². The number of nitrogens with one attached hydrogen (secondary N) is 1. The summed E-state index contributed by atoms with van der Waals surface area (Å²) >= 11 is 0. The van der Waals surface area contributed by atoms with Gasteiger partial charge in [-0.25, -0.2) is 4.79 Å². The highest BCUT2D eigenvalue weighted by Crippen LogP contribution is 2.18. The monoisotopic (exact) mass is 387 g/mol. The minimum absolute atomic E-state index is 0.297. The van der Waals surface area contributed by atoms with Crippen LogP contribution in [0, 0.1) is 0 Å². The van der Waals surface area contributed by atoms with Gasteiger partial charge in [0.05, 0.1) is 13.2 Å². The zero-order chi connectivity index (χ0) is 20.4. The number of amides is 1. The van der Waals surface area contributed by atoms with Crippen LogP contribution in [0.25, 0.3) is 0 Å². The van der Waals surface area contributed by atoms with Crippen molar-refractivity contribution in [3.05, 3.63) is 48.5 Å². The van der Waals surface area contributed by atoms with E-state index in [-0.39, 0.29) is 6.61 Å². The molecule has 0 aromatic heterocycles. The average molecular weight is 387 g/mol. The van der Waals surface area contributed by atoms with Crippen molar-refractivity contribution < 1.29 is 28.5 Å². The van der Waals surface area contributed by atoms with Crippen LogP contribution in [0.1, 0.15) is 20.8 Å². The Hall–Kier alpha value is -3.22. The van der Waals surface area contributed by atoms with E-state index in [0.29, 0.717) is 30.4 Å². The summed E-state index contributed by atoms with van der Waals surface area (Å²) in [4.78, 5) is 24.1. The van der Waals surface area contributed by atoms with E-state index in [1.165, 1.54) is 6.92 Å². The summed E-state index contributed by atoms with van der Waals surface area (Å²) in [7, 11) is 0. The Bertz CT molecular complexity index is 757. The van der Waals surface area contributed by atoms with Gasteiger partial charge in [-0.3, -0.25) is 4.79 Å². The van der Waals surface area contributed by atoms with Gasteiger partial charge in [-0.15, -0.1) is 0 Å². The quantitative estimate of drug-likeness (QED) is 0.629. The molecule has 1 amide bonds. The molecule has 0 saturated carbocycles. The number of rotatable bonds is 10. The molecule has 2 aromatic rings. The van der Waals surface area contributed by atoms with E-state index in [1.54, 1.807) is 48.5 Å². The zero-order valence-corrected chi connectivity index (χ0v) is 16.3. The van der Waals surface area contributed by atoms with Crippen molar-refractivity contribution in [2.45, 2.75) is 26.9 Å². The second-order valence-electron chi connectivity index (χ2n) is 5.77. The third kappa shape index (κ3) is 6.83. The maximum atomic E-state index is 12.2. The first-order chi connectivity index (χ1) is 13.5. The van der Waals surface area contributed by atoms with E-state index in [1.807, 2.05) is 13.8 Å². The van der Waals surface area contributed by atoms with Gasteiger partial charge in [0.15, 0.2) is 12.7 Å². The third-order valence-corrected chi connectivity index (χ3v) is 3.60. The maximum absolute atomic E-state index is 12.2. The lowest BCUT2D eigenvalue weighted by molar-refractivity contribution is -0.155. The molecule has 28 heavy (non-hydrogen) atoms. The molecule has 0 unspecified atom stereocenters. The molecule has 2 aromatic carbocycles. The normalized spacial score (nSPS) is 11.2. The number of carbonyl (C=O) groups excluding carboxylic acids is 2. The largest absolute Gasteiger partial charge is 0.494 e. The van der Waals surface area contributed by atoms with Gasteiger partial charge in [0.25, 0.3) is 5.91 Å². The van der Waals surface area contributed by atoms with E-state index < -0.39 is 18.0 Å². The lowest BCUT2D eigenvalue weighted by atomic mass is 10.3. The Morgan fingerprint density at radius 3 is 1.79 bits per heavy atom. The first-order valence-corrected chi connectivity index (χ1v) is 9.10. The molecule has 0 aliphatic carbocycles. The molecule has 0 bridgehead atoms. The van der Waals surface area contributed by atoms with E-state index >= 15 is 0 Å². The predicted octanol–water partition coefficient (Wildman–Crippen LogP) is 3.43. The number of carbonyl (C=O) groups is 2. The molecule has 0 saturated heterocycles. The van der Waals surface area contributed by atoms with Crippen molar-refractivity contribution in [3.8, 4) is 17.2 Å². The van der Waals surface area contributed by atoms with Gasteiger partial charge < -0.3 is 24.3 Å². The molecule has 0 aliphatic heterocycles. The highest BCUT2D eigenvalue weighted by molar-refractivity contribution is 5.95. The Labute approximate surface area is 164 Å². The smallest absolute Gasteiger partial charge is 0.344 e. The molecule has 0 heterocycles. The molecule has 7 heteroatoms. The molecular weight excluding hydrogens is 362 g/mol. The van der Waals surface area contributed by atoms with Gasteiger partial charge in [-0.2, -0.15) is 0 Å². The topological polar surface area (TPSA) is 83.1 Å². The molecule has 0 fully saturated rings. The van der Waals surface area contributed by atoms with Crippen molar-refractivity contribution in [1.82, 2.24) is 0 Å². The average Bonchev–Trinajstić information content (AvgIpc) is 2.69. The van der Waals surface area contributed by atoms with Crippen LogP contribution in [-0.4, -0.2) is 37.8 Å². The van der Waals surface area contributed by atoms with Gasteiger partial charge in [0.2, 0.25) is 0 Å². The second-order valence-corrected chi connectivity index (χ2v) is 5.77. The molecule has 0 radical (unpaired) electrons. The number of hydrogen-bond acceptors (Lipinski definition) is 6. The Balaban J connectivity index is 1.76. The fourth-order valence-corrected chi connectivity index (χ4v) is 2.27. The Kier molecular flexibility index (Phi) is 8.14. The van der Waals surface area contributed by atoms with Crippen LogP contribution in [-0.2, 0) is 14.3 Å². The number of ether oxygens (including phenoxy) is 4. The SMILES string of the molecule is CCOc1ccc(NC(=O)[C@H](C)OC(=O)COc2ccc(OCC)cc2)cc1. The highest BCUT2D eigenvalue weighted by atomic mass is 16.6. The summed E-state index contributed by atoms with van der Waals surface area (Å²) in [5.74, 6) is 0.872. The van der Waals surface area contributed by atoms with Crippen LogP contribution in [0.3, 0.4) is 0 Å². The fraction of sp³-hybridized carbons (Fsp3) is 0.333. The second kappa shape index (κ2) is 10.8. The molecule has 0 spiro atoms. The molecule has 1 N–H and O–H groups in total. The van der Waals surface area contributed by atoms with Crippen molar-refractivity contribution in [3.63, 3.8) is 0 Å². The summed E-state index contributed by atoms with van der Waals surface area (Å²) in [5.41, 5.74) is 0.585. The number of hydrogen-bond donors (Lipinski definition) is 1. The summed E-state index contributed by atoms with van der Waals surface area (Å²) in [6.45, 7) is 6.13. The molecule has 1 atom stereocenters. The number of esters is 1. The predicted molar refractivity (Wildman–Crippen MR) is 105 cm³/mol. The molecule has 0 aliphatic rings. The highest BCUT2D eigenvalue weighted by Gasteiger charge is 2.18. The fourth-order valence-electron chi connectivity index (χ4n) is 2.27.